The van der Waals surface area contributed by atoms with Crippen molar-refractivity contribution in [3.05, 3.63) is 48.2 Å². The van der Waals surface area contributed by atoms with Gasteiger partial charge in [-0.15, -0.1) is 0 Å². The highest BCUT2D eigenvalue weighted by Gasteiger charge is 2.24. The molecular formula is C13H11NO. The van der Waals surface area contributed by atoms with E-state index < -0.39 is 0 Å². The second-order valence-electron chi connectivity index (χ2n) is 3.88. The molecule has 74 valence electrons. The van der Waals surface area contributed by atoms with E-state index in [0.717, 1.165) is 0 Å². The van der Waals surface area contributed by atoms with Crippen LogP contribution >= 0.6 is 0 Å². The third-order valence-electron chi connectivity index (χ3n) is 2.90. The van der Waals surface area contributed by atoms with Crippen LogP contribution in [0, 0.1) is 0 Å². The van der Waals surface area contributed by atoms with Crippen LogP contribution in [0.15, 0.2) is 42.6 Å². The van der Waals surface area contributed by atoms with Crippen molar-refractivity contribution in [2.24, 2.45) is 0 Å². The second-order valence-corrected chi connectivity index (χ2v) is 3.88. The molecule has 1 aromatic carbocycles. The first-order chi connectivity index (χ1) is 7.34. The van der Waals surface area contributed by atoms with Gasteiger partial charge in [-0.05, 0) is 17.7 Å². The van der Waals surface area contributed by atoms with Crippen molar-refractivity contribution >= 4 is 17.5 Å². The van der Waals surface area contributed by atoms with Crippen molar-refractivity contribution in [3.63, 3.8) is 0 Å². The minimum absolute atomic E-state index is 0.206. The first-order valence-corrected chi connectivity index (χ1v) is 5.11. The number of hydrogen-bond donors (Lipinski definition) is 0. The maximum atomic E-state index is 11.3. The summed E-state index contributed by atoms with van der Waals surface area (Å²) in [5, 5.41) is 0. The number of anilines is 1. The Balaban J connectivity index is 2.11. The van der Waals surface area contributed by atoms with Crippen molar-refractivity contribution in [1.82, 2.24) is 0 Å². The Labute approximate surface area is 88.5 Å². The third kappa shape index (κ3) is 1.30. The summed E-state index contributed by atoms with van der Waals surface area (Å²) in [6, 6.07) is 8.44. The van der Waals surface area contributed by atoms with Crippen LogP contribution in [0.25, 0.3) is 6.08 Å². The fourth-order valence-electron chi connectivity index (χ4n) is 2.14. The number of allylic oxidation sites excluding steroid dienone is 1. The minimum atomic E-state index is 0.206. The molecule has 2 heteroatoms. The number of rotatable bonds is 0. The van der Waals surface area contributed by atoms with E-state index in [0.29, 0.717) is 6.42 Å². The van der Waals surface area contributed by atoms with Gasteiger partial charge in [0.15, 0.2) is 5.78 Å². The summed E-state index contributed by atoms with van der Waals surface area (Å²) in [6.45, 7) is 0. The van der Waals surface area contributed by atoms with Crippen LogP contribution in [0.3, 0.4) is 0 Å². The molecule has 0 bridgehead atoms. The zero-order chi connectivity index (χ0) is 10.3. The summed E-state index contributed by atoms with van der Waals surface area (Å²) >= 11 is 0. The van der Waals surface area contributed by atoms with E-state index >= 15 is 0 Å². The van der Waals surface area contributed by atoms with E-state index in [1.165, 1.54) is 11.3 Å². The number of benzene rings is 1. The first kappa shape index (κ1) is 8.48. The van der Waals surface area contributed by atoms with Gasteiger partial charge in [0, 0.05) is 18.3 Å². The first-order valence-electron chi connectivity index (χ1n) is 5.11. The van der Waals surface area contributed by atoms with E-state index in [-0.39, 0.29) is 11.8 Å². The molecule has 2 nitrogen and oxygen atoms in total. The Morgan fingerprint density at radius 3 is 3.00 bits per heavy atom. The van der Waals surface area contributed by atoms with Gasteiger partial charge in [-0.1, -0.05) is 30.4 Å². The van der Waals surface area contributed by atoms with Gasteiger partial charge in [-0.25, -0.2) is 0 Å². The predicted molar refractivity (Wildman–Crippen MR) is 60.5 cm³/mol. The largest absolute Gasteiger partial charge is 0.340 e. The minimum Gasteiger partial charge on any atom is -0.340 e. The Hall–Kier alpha value is -1.83. The van der Waals surface area contributed by atoms with Crippen LogP contribution in [0.1, 0.15) is 12.0 Å². The zero-order valence-electron chi connectivity index (χ0n) is 8.26. The topological polar surface area (TPSA) is 20.3 Å². The maximum Gasteiger partial charge on any atom is 0.159 e. The second kappa shape index (κ2) is 3.09. The van der Waals surface area contributed by atoms with Crippen molar-refractivity contribution in [1.29, 1.82) is 0 Å². The fraction of sp³-hybridized carbons (Fsp3) is 0.154. The summed E-state index contributed by atoms with van der Waals surface area (Å²) in [4.78, 5) is 13.4. The Kier molecular flexibility index (Phi) is 1.75. The molecule has 0 fully saturated rings. The molecule has 2 heterocycles. The van der Waals surface area contributed by atoms with Crippen molar-refractivity contribution in [2.75, 3.05) is 4.90 Å². The molecule has 0 radical (unpaired) electrons. The van der Waals surface area contributed by atoms with Gasteiger partial charge in [0.25, 0.3) is 0 Å². The van der Waals surface area contributed by atoms with Crippen LogP contribution in [0.2, 0.25) is 0 Å². The summed E-state index contributed by atoms with van der Waals surface area (Å²) in [6.07, 6.45) is 8.33. The molecule has 0 saturated carbocycles. The number of ketones is 1. The van der Waals surface area contributed by atoms with Crippen molar-refractivity contribution < 1.29 is 4.79 Å². The Morgan fingerprint density at radius 1 is 1.20 bits per heavy atom. The lowest BCUT2D eigenvalue weighted by molar-refractivity contribution is -0.115. The molecule has 0 aliphatic carbocycles. The summed E-state index contributed by atoms with van der Waals surface area (Å²) in [5.74, 6) is 0.209. The SMILES string of the molecule is O=C1C=CN2c3ccccc3C=CC2C1. The number of hydrogen-bond acceptors (Lipinski definition) is 2. The average Bonchev–Trinajstić information content (AvgIpc) is 2.28. The van der Waals surface area contributed by atoms with E-state index in [9.17, 15) is 4.79 Å². The Morgan fingerprint density at radius 2 is 2.07 bits per heavy atom. The van der Waals surface area contributed by atoms with Crippen molar-refractivity contribution in [3.8, 4) is 0 Å². The average molecular weight is 197 g/mol. The molecule has 2 aliphatic heterocycles. The normalized spacial score (nSPS) is 22.5. The van der Waals surface area contributed by atoms with Gasteiger partial charge < -0.3 is 4.90 Å². The molecular weight excluding hydrogens is 186 g/mol. The standard InChI is InChI=1S/C13H11NO/c15-12-7-8-14-11(9-12)6-5-10-3-1-2-4-13(10)14/h1-8,11H,9H2. The summed E-state index contributed by atoms with van der Waals surface area (Å²) in [7, 11) is 0. The molecule has 0 aromatic heterocycles. The smallest absolute Gasteiger partial charge is 0.159 e. The number of para-hydroxylation sites is 1. The van der Waals surface area contributed by atoms with E-state index in [1.54, 1.807) is 6.08 Å². The molecule has 1 unspecified atom stereocenters. The Bertz CT molecular complexity index is 473. The van der Waals surface area contributed by atoms with Crippen LogP contribution in [-0.4, -0.2) is 11.8 Å². The molecule has 0 spiro atoms. The van der Waals surface area contributed by atoms with Gasteiger partial charge in [0.05, 0.1) is 6.04 Å². The van der Waals surface area contributed by atoms with Crippen LogP contribution in [-0.2, 0) is 4.79 Å². The lowest BCUT2D eigenvalue weighted by Crippen LogP contribution is -2.36. The van der Waals surface area contributed by atoms with Gasteiger partial charge in [-0.3, -0.25) is 4.79 Å². The fourth-order valence-corrected chi connectivity index (χ4v) is 2.14. The lowest BCUT2D eigenvalue weighted by Gasteiger charge is -2.34. The predicted octanol–water partition coefficient (Wildman–Crippen LogP) is 2.37. The van der Waals surface area contributed by atoms with Crippen LogP contribution in [0.5, 0.6) is 0 Å². The van der Waals surface area contributed by atoms with E-state index in [4.69, 9.17) is 0 Å². The monoisotopic (exact) mass is 197 g/mol. The number of carbonyl (C=O) groups is 1. The molecule has 0 saturated heterocycles. The summed E-state index contributed by atoms with van der Waals surface area (Å²) < 4.78 is 0. The molecule has 15 heavy (non-hydrogen) atoms. The maximum absolute atomic E-state index is 11.3. The summed E-state index contributed by atoms with van der Waals surface area (Å²) in [5.41, 5.74) is 2.40. The molecule has 2 aliphatic rings. The third-order valence-corrected chi connectivity index (χ3v) is 2.90. The molecule has 0 N–H and O–H groups in total. The molecule has 1 aromatic rings. The molecule has 1 atom stereocenters. The van der Waals surface area contributed by atoms with Gasteiger partial charge in [-0.2, -0.15) is 0 Å². The number of fused-ring (bicyclic) bond motifs is 3. The highest BCUT2D eigenvalue weighted by atomic mass is 16.1. The van der Waals surface area contributed by atoms with E-state index in [1.807, 2.05) is 18.3 Å². The van der Waals surface area contributed by atoms with Gasteiger partial charge >= 0.3 is 0 Å². The molecule has 0 amide bonds. The van der Waals surface area contributed by atoms with Crippen molar-refractivity contribution in [2.45, 2.75) is 12.5 Å². The zero-order valence-corrected chi connectivity index (χ0v) is 8.26. The number of carbonyl (C=O) groups excluding carboxylic acids is 1. The highest BCUT2D eigenvalue weighted by Crippen LogP contribution is 2.31. The van der Waals surface area contributed by atoms with Crippen LogP contribution < -0.4 is 4.90 Å². The molecule has 3 rings (SSSR count). The van der Waals surface area contributed by atoms with Crippen LogP contribution in [0.4, 0.5) is 5.69 Å². The quantitative estimate of drug-likeness (QED) is 0.636. The number of nitrogens with zero attached hydrogens (tertiary/aromatic N) is 1. The lowest BCUT2D eigenvalue weighted by atomic mass is 9.97. The highest BCUT2D eigenvalue weighted by molar-refractivity contribution is 5.93. The van der Waals surface area contributed by atoms with Gasteiger partial charge in [0.1, 0.15) is 0 Å². The van der Waals surface area contributed by atoms with Gasteiger partial charge in [0.2, 0.25) is 0 Å². The van der Waals surface area contributed by atoms with E-state index in [2.05, 4.69) is 29.2 Å².